The van der Waals surface area contributed by atoms with E-state index in [1.807, 2.05) is 12.4 Å². The van der Waals surface area contributed by atoms with Crippen LogP contribution in [0.2, 0.25) is 0 Å². The molecule has 2 heterocycles. The standard InChI is InChI=1S/C14H23N3O/c1-3-16-13(10-12-4-6-15-7-5-12)14-11-17(2)8-9-18-14/h4-7,13-14,16H,3,8-11H2,1-2H3. The minimum absolute atomic E-state index is 0.275. The summed E-state index contributed by atoms with van der Waals surface area (Å²) in [6.07, 6.45) is 4.98. The first-order chi connectivity index (χ1) is 8.79. The summed E-state index contributed by atoms with van der Waals surface area (Å²) in [4.78, 5) is 6.40. The maximum Gasteiger partial charge on any atom is 0.0858 e. The topological polar surface area (TPSA) is 37.4 Å². The lowest BCUT2D eigenvalue weighted by molar-refractivity contribution is -0.0381. The van der Waals surface area contributed by atoms with Crippen molar-refractivity contribution >= 4 is 0 Å². The molecular weight excluding hydrogens is 226 g/mol. The zero-order chi connectivity index (χ0) is 12.8. The molecule has 1 N–H and O–H groups in total. The van der Waals surface area contributed by atoms with Gasteiger partial charge in [-0.2, -0.15) is 0 Å². The highest BCUT2D eigenvalue weighted by Gasteiger charge is 2.26. The van der Waals surface area contributed by atoms with Crippen LogP contribution in [-0.2, 0) is 11.2 Å². The van der Waals surface area contributed by atoms with Crippen LogP contribution >= 0.6 is 0 Å². The molecule has 2 rings (SSSR count). The molecule has 1 aliphatic rings. The van der Waals surface area contributed by atoms with Gasteiger partial charge in [-0.25, -0.2) is 0 Å². The number of nitrogens with zero attached hydrogens (tertiary/aromatic N) is 2. The first-order valence-electron chi connectivity index (χ1n) is 6.72. The molecule has 1 aliphatic heterocycles. The lowest BCUT2D eigenvalue weighted by Crippen LogP contribution is -2.52. The maximum absolute atomic E-state index is 5.92. The van der Waals surface area contributed by atoms with Gasteiger partial charge < -0.3 is 15.0 Å². The summed E-state index contributed by atoms with van der Waals surface area (Å²) < 4.78 is 5.92. The molecule has 100 valence electrons. The molecule has 1 aromatic rings. The second-order valence-corrected chi connectivity index (χ2v) is 4.90. The summed E-state index contributed by atoms with van der Waals surface area (Å²) in [6.45, 7) is 5.98. The number of hydrogen-bond donors (Lipinski definition) is 1. The summed E-state index contributed by atoms with van der Waals surface area (Å²) in [5.74, 6) is 0. The second-order valence-electron chi connectivity index (χ2n) is 4.90. The number of rotatable bonds is 5. The summed E-state index contributed by atoms with van der Waals surface area (Å²) >= 11 is 0. The maximum atomic E-state index is 5.92. The van der Waals surface area contributed by atoms with Crippen molar-refractivity contribution in [2.45, 2.75) is 25.5 Å². The first-order valence-corrected chi connectivity index (χ1v) is 6.72. The van der Waals surface area contributed by atoms with E-state index in [-0.39, 0.29) is 6.10 Å². The Morgan fingerprint density at radius 3 is 2.94 bits per heavy atom. The van der Waals surface area contributed by atoms with E-state index in [1.54, 1.807) is 0 Å². The van der Waals surface area contributed by atoms with Crippen LogP contribution in [0.4, 0.5) is 0 Å². The predicted octanol–water partition coefficient (Wildman–Crippen LogP) is 0.933. The van der Waals surface area contributed by atoms with Gasteiger partial charge in [-0.15, -0.1) is 0 Å². The molecule has 1 aromatic heterocycles. The van der Waals surface area contributed by atoms with Crippen LogP contribution in [0.1, 0.15) is 12.5 Å². The van der Waals surface area contributed by atoms with E-state index in [0.717, 1.165) is 32.7 Å². The third-order valence-corrected chi connectivity index (χ3v) is 3.42. The van der Waals surface area contributed by atoms with Crippen LogP contribution in [0.15, 0.2) is 24.5 Å². The lowest BCUT2D eigenvalue weighted by Gasteiger charge is -2.35. The zero-order valence-electron chi connectivity index (χ0n) is 11.3. The normalized spacial score (nSPS) is 22.9. The second kappa shape index (κ2) is 6.83. The quantitative estimate of drug-likeness (QED) is 0.842. The van der Waals surface area contributed by atoms with Crippen molar-refractivity contribution < 1.29 is 4.74 Å². The molecule has 0 aromatic carbocycles. The van der Waals surface area contributed by atoms with Gasteiger partial charge in [0.25, 0.3) is 0 Å². The molecule has 1 fully saturated rings. The molecule has 4 heteroatoms. The number of likely N-dealkylation sites (N-methyl/N-ethyl adjacent to an activating group) is 2. The van der Waals surface area contributed by atoms with Crippen LogP contribution in [0, 0.1) is 0 Å². The highest BCUT2D eigenvalue weighted by atomic mass is 16.5. The number of ether oxygens (including phenoxy) is 1. The van der Waals surface area contributed by atoms with E-state index in [1.165, 1.54) is 5.56 Å². The van der Waals surface area contributed by atoms with Crippen molar-refractivity contribution in [2.24, 2.45) is 0 Å². The van der Waals surface area contributed by atoms with E-state index < -0.39 is 0 Å². The molecule has 1 saturated heterocycles. The van der Waals surface area contributed by atoms with Gasteiger partial charge in [-0.1, -0.05) is 6.92 Å². The summed E-state index contributed by atoms with van der Waals surface area (Å²) in [5, 5.41) is 3.55. The van der Waals surface area contributed by atoms with E-state index in [9.17, 15) is 0 Å². The molecule has 0 saturated carbocycles. The SMILES string of the molecule is CCNC(Cc1ccncc1)C1CN(C)CCO1. The fraction of sp³-hybridized carbons (Fsp3) is 0.643. The molecule has 2 unspecified atom stereocenters. The van der Waals surface area contributed by atoms with Crippen molar-refractivity contribution in [1.82, 2.24) is 15.2 Å². The van der Waals surface area contributed by atoms with Gasteiger partial charge in [0.2, 0.25) is 0 Å². The molecular formula is C14H23N3O. The smallest absolute Gasteiger partial charge is 0.0858 e. The Bertz CT molecular complexity index is 344. The highest BCUT2D eigenvalue weighted by Crippen LogP contribution is 2.12. The number of morpholine rings is 1. The minimum atomic E-state index is 0.275. The lowest BCUT2D eigenvalue weighted by atomic mass is 10.0. The van der Waals surface area contributed by atoms with Gasteiger partial charge in [-0.05, 0) is 37.7 Å². The largest absolute Gasteiger partial charge is 0.374 e. The number of hydrogen-bond acceptors (Lipinski definition) is 4. The molecule has 0 aliphatic carbocycles. The van der Waals surface area contributed by atoms with Gasteiger partial charge in [0.05, 0.1) is 12.7 Å². The van der Waals surface area contributed by atoms with Crippen LogP contribution in [-0.4, -0.2) is 55.3 Å². The predicted molar refractivity (Wildman–Crippen MR) is 72.6 cm³/mol. The number of aromatic nitrogens is 1. The Labute approximate surface area is 109 Å². The molecule has 2 atom stereocenters. The highest BCUT2D eigenvalue weighted by molar-refractivity contribution is 5.12. The van der Waals surface area contributed by atoms with E-state index in [2.05, 4.69) is 41.3 Å². The molecule has 0 bridgehead atoms. The fourth-order valence-corrected chi connectivity index (χ4v) is 2.42. The molecule has 0 spiro atoms. The third-order valence-electron chi connectivity index (χ3n) is 3.42. The number of nitrogens with one attached hydrogen (secondary N) is 1. The van der Waals surface area contributed by atoms with Gasteiger partial charge in [0, 0.05) is 31.5 Å². The van der Waals surface area contributed by atoms with Crippen molar-refractivity contribution in [3.05, 3.63) is 30.1 Å². The van der Waals surface area contributed by atoms with Gasteiger partial charge in [0.15, 0.2) is 0 Å². The first kappa shape index (κ1) is 13.5. The molecule has 0 radical (unpaired) electrons. The van der Waals surface area contributed by atoms with E-state index >= 15 is 0 Å². The Kier molecular flexibility index (Phi) is 5.11. The van der Waals surface area contributed by atoms with Crippen molar-refractivity contribution in [3.63, 3.8) is 0 Å². The Morgan fingerprint density at radius 2 is 2.28 bits per heavy atom. The van der Waals surface area contributed by atoms with Crippen molar-refractivity contribution in [3.8, 4) is 0 Å². The summed E-state index contributed by atoms with van der Waals surface area (Å²) in [6, 6.07) is 4.54. The number of pyridine rings is 1. The minimum Gasteiger partial charge on any atom is -0.374 e. The van der Waals surface area contributed by atoms with Crippen LogP contribution in [0.25, 0.3) is 0 Å². The fourth-order valence-electron chi connectivity index (χ4n) is 2.42. The Hall–Kier alpha value is -0.970. The summed E-state index contributed by atoms with van der Waals surface area (Å²) in [5.41, 5.74) is 1.31. The third kappa shape index (κ3) is 3.77. The molecule has 4 nitrogen and oxygen atoms in total. The average Bonchev–Trinajstić information content (AvgIpc) is 2.39. The monoisotopic (exact) mass is 249 g/mol. The van der Waals surface area contributed by atoms with E-state index in [0.29, 0.717) is 6.04 Å². The molecule has 18 heavy (non-hydrogen) atoms. The van der Waals surface area contributed by atoms with E-state index in [4.69, 9.17) is 4.74 Å². The van der Waals surface area contributed by atoms with Crippen LogP contribution in [0.5, 0.6) is 0 Å². The average molecular weight is 249 g/mol. The summed E-state index contributed by atoms with van der Waals surface area (Å²) in [7, 11) is 2.16. The Morgan fingerprint density at radius 1 is 1.50 bits per heavy atom. The van der Waals surface area contributed by atoms with Gasteiger partial charge in [-0.3, -0.25) is 4.98 Å². The Balaban J connectivity index is 1.98. The van der Waals surface area contributed by atoms with Gasteiger partial charge in [0.1, 0.15) is 0 Å². The molecule has 0 amide bonds. The van der Waals surface area contributed by atoms with Crippen LogP contribution < -0.4 is 5.32 Å². The zero-order valence-corrected chi connectivity index (χ0v) is 11.3. The van der Waals surface area contributed by atoms with Crippen molar-refractivity contribution in [1.29, 1.82) is 0 Å². The van der Waals surface area contributed by atoms with Gasteiger partial charge >= 0.3 is 0 Å². The van der Waals surface area contributed by atoms with Crippen LogP contribution in [0.3, 0.4) is 0 Å². The van der Waals surface area contributed by atoms with Crippen molar-refractivity contribution in [2.75, 3.05) is 33.3 Å².